The second kappa shape index (κ2) is 11.6. The van der Waals surface area contributed by atoms with Gasteiger partial charge in [0.05, 0.1) is 5.69 Å². The monoisotopic (exact) mass is 513 g/mol. The summed E-state index contributed by atoms with van der Waals surface area (Å²) in [5.41, 5.74) is 3.72. The first-order valence-corrected chi connectivity index (χ1v) is 12.4. The van der Waals surface area contributed by atoms with Crippen LogP contribution in [0.5, 0.6) is 11.8 Å². The standard InChI is InChI=1S/C30H28FN3O4/c31-26-19-24(11-13-27(26)33-15-17-34(18-16-33)30(35)36)25-12-14-28(37-20-22-7-3-1-4-8-22)32-29(25)38-21-23-9-5-2-6-10-23/h1-14,19H,15-18,20-21H2,(H,35,36). The molecule has 194 valence electrons. The minimum absolute atomic E-state index is 0.303. The van der Waals surface area contributed by atoms with Crippen LogP contribution < -0.4 is 14.4 Å². The Labute approximate surface area is 220 Å². The van der Waals surface area contributed by atoms with Gasteiger partial charge in [0.1, 0.15) is 19.0 Å². The van der Waals surface area contributed by atoms with E-state index in [-0.39, 0.29) is 5.82 Å². The van der Waals surface area contributed by atoms with Crippen molar-refractivity contribution in [1.29, 1.82) is 0 Å². The van der Waals surface area contributed by atoms with Gasteiger partial charge >= 0.3 is 6.09 Å². The number of amides is 1. The summed E-state index contributed by atoms with van der Waals surface area (Å²) in [7, 11) is 0. The van der Waals surface area contributed by atoms with Crippen molar-refractivity contribution >= 4 is 11.8 Å². The quantitative estimate of drug-likeness (QED) is 0.319. The Morgan fingerprint density at radius 2 is 1.45 bits per heavy atom. The molecule has 1 aliphatic rings. The van der Waals surface area contributed by atoms with Crippen molar-refractivity contribution in [1.82, 2.24) is 9.88 Å². The number of aromatic nitrogens is 1. The number of benzene rings is 3. The lowest BCUT2D eigenvalue weighted by molar-refractivity contribution is 0.142. The zero-order chi connectivity index (χ0) is 26.3. The van der Waals surface area contributed by atoms with Crippen LogP contribution in [-0.2, 0) is 13.2 Å². The molecule has 4 aromatic rings. The number of ether oxygens (including phenoxy) is 2. The van der Waals surface area contributed by atoms with E-state index in [2.05, 4.69) is 4.98 Å². The maximum absolute atomic E-state index is 15.3. The van der Waals surface area contributed by atoms with Crippen LogP contribution in [0.4, 0.5) is 14.9 Å². The first-order valence-electron chi connectivity index (χ1n) is 12.4. The van der Waals surface area contributed by atoms with Gasteiger partial charge in [-0.15, -0.1) is 0 Å². The number of carbonyl (C=O) groups is 1. The van der Waals surface area contributed by atoms with E-state index < -0.39 is 6.09 Å². The van der Waals surface area contributed by atoms with E-state index in [4.69, 9.17) is 9.47 Å². The summed E-state index contributed by atoms with van der Waals surface area (Å²) in [5, 5.41) is 9.17. The molecular weight excluding hydrogens is 485 g/mol. The van der Waals surface area contributed by atoms with Crippen LogP contribution in [0.25, 0.3) is 11.1 Å². The van der Waals surface area contributed by atoms with E-state index in [0.29, 0.717) is 68.0 Å². The van der Waals surface area contributed by atoms with Crippen LogP contribution in [0, 0.1) is 5.82 Å². The molecule has 1 amide bonds. The molecule has 1 saturated heterocycles. The van der Waals surface area contributed by atoms with E-state index in [9.17, 15) is 9.90 Å². The van der Waals surface area contributed by atoms with Gasteiger partial charge in [0, 0.05) is 37.8 Å². The van der Waals surface area contributed by atoms with E-state index in [1.807, 2.05) is 77.7 Å². The molecule has 1 aliphatic heterocycles. The molecule has 3 aromatic carbocycles. The number of pyridine rings is 1. The Kier molecular flexibility index (Phi) is 7.68. The number of hydrogen-bond donors (Lipinski definition) is 1. The Bertz CT molecular complexity index is 1380. The molecule has 0 bridgehead atoms. The van der Waals surface area contributed by atoms with Gasteiger partial charge in [-0.2, -0.15) is 4.98 Å². The van der Waals surface area contributed by atoms with Crippen LogP contribution in [0.1, 0.15) is 11.1 Å². The van der Waals surface area contributed by atoms with Crippen molar-refractivity contribution in [3.63, 3.8) is 0 Å². The molecular formula is C30H28FN3O4. The van der Waals surface area contributed by atoms with Gasteiger partial charge in [-0.3, -0.25) is 0 Å². The van der Waals surface area contributed by atoms with Gasteiger partial charge < -0.3 is 24.4 Å². The highest BCUT2D eigenvalue weighted by Gasteiger charge is 2.23. The Morgan fingerprint density at radius 3 is 2.05 bits per heavy atom. The summed E-state index contributed by atoms with van der Waals surface area (Å²) in [4.78, 5) is 19.0. The lowest BCUT2D eigenvalue weighted by atomic mass is 10.1. The van der Waals surface area contributed by atoms with E-state index in [1.165, 1.54) is 11.0 Å². The molecule has 0 unspecified atom stereocenters. The molecule has 1 aromatic heterocycles. The third-order valence-electron chi connectivity index (χ3n) is 6.43. The zero-order valence-electron chi connectivity index (χ0n) is 20.8. The van der Waals surface area contributed by atoms with Gasteiger partial charge in [0.15, 0.2) is 0 Å². The molecule has 0 saturated carbocycles. The predicted molar refractivity (Wildman–Crippen MR) is 143 cm³/mol. The highest BCUT2D eigenvalue weighted by Crippen LogP contribution is 2.34. The first kappa shape index (κ1) is 25.1. The minimum Gasteiger partial charge on any atom is -0.473 e. The molecule has 0 aliphatic carbocycles. The van der Waals surface area contributed by atoms with Crippen molar-refractivity contribution in [2.24, 2.45) is 0 Å². The topological polar surface area (TPSA) is 75.1 Å². The number of hydrogen-bond acceptors (Lipinski definition) is 5. The normalized spacial score (nSPS) is 13.3. The van der Waals surface area contributed by atoms with Gasteiger partial charge in [0.25, 0.3) is 0 Å². The Balaban J connectivity index is 1.38. The fourth-order valence-corrected chi connectivity index (χ4v) is 4.36. The number of rotatable bonds is 8. The fraction of sp³-hybridized carbons (Fsp3) is 0.200. The van der Waals surface area contributed by atoms with Crippen molar-refractivity contribution in [2.75, 3.05) is 31.1 Å². The average Bonchev–Trinajstić information content (AvgIpc) is 2.96. The lowest BCUT2D eigenvalue weighted by Gasteiger charge is -2.34. The summed E-state index contributed by atoms with van der Waals surface area (Å²) < 4.78 is 27.3. The molecule has 8 heteroatoms. The Hall–Kier alpha value is -4.59. The smallest absolute Gasteiger partial charge is 0.407 e. The molecule has 2 heterocycles. The lowest BCUT2D eigenvalue weighted by Crippen LogP contribution is -2.48. The van der Waals surface area contributed by atoms with E-state index >= 15 is 4.39 Å². The van der Waals surface area contributed by atoms with Crippen LogP contribution in [-0.4, -0.2) is 47.3 Å². The third-order valence-corrected chi connectivity index (χ3v) is 6.43. The molecule has 5 rings (SSSR count). The highest BCUT2D eigenvalue weighted by atomic mass is 19.1. The number of nitrogens with zero attached hydrogens (tertiary/aromatic N) is 3. The summed E-state index contributed by atoms with van der Waals surface area (Å²) in [6, 6.07) is 28.2. The van der Waals surface area contributed by atoms with Gasteiger partial charge in [-0.25, -0.2) is 9.18 Å². The Morgan fingerprint density at radius 1 is 0.816 bits per heavy atom. The van der Waals surface area contributed by atoms with Crippen molar-refractivity contribution < 1.29 is 23.8 Å². The number of halogens is 1. The molecule has 0 radical (unpaired) electrons. The molecule has 1 N–H and O–H groups in total. The maximum Gasteiger partial charge on any atom is 0.407 e. The average molecular weight is 514 g/mol. The van der Waals surface area contributed by atoms with Gasteiger partial charge in [-0.1, -0.05) is 66.7 Å². The van der Waals surface area contributed by atoms with Crippen LogP contribution >= 0.6 is 0 Å². The van der Waals surface area contributed by atoms with Gasteiger partial charge in [0.2, 0.25) is 11.8 Å². The number of carboxylic acid groups (broad SMARTS) is 1. The van der Waals surface area contributed by atoms with Gasteiger partial charge in [-0.05, 0) is 34.9 Å². The second-order valence-electron chi connectivity index (χ2n) is 8.97. The maximum atomic E-state index is 15.3. The molecule has 0 spiro atoms. The number of piperazine rings is 1. The number of anilines is 1. The van der Waals surface area contributed by atoms with E-state index in [1.54, 1.807) is 12.1 Å². The molecule has 7 nitrogen and oxygen atoms in total. The predicted octanol–water partition coefficient (Wildman–Crippen LogP) is 5.85. The zero-order valence-corrected chi connectivity index (χ0v) is 20.8. The SMILES string of the molecule is O=C(O)N1CCN(c2ccc(-c3ccc(OCc4ccccc4)nc3OCc3ccccc3)cc2F)CC1. The van der Waals surface area contributed by atoms with Crippen molar-refractivity contribution in [3.05, 3.63) is 108 Å². The summed E-state index contributed by atoms with van der Waals surface area (Å²) in [6.07, 6.45) is -0.952. The summed E-state index contributed by atoms with van der Waals surface area (Å²) in [6.45, 7) is 2.21. The van der Waals surface area contributed by atoms with Crippen LogP contribution in [0.15, 0.2) is 91.0 Å². The van der Waals surface area contributed by atoms with Crippen LogP contribution in [0.3, 0.4) is 0 Å². The third kappa shape index (κ3) is 6.03. The van der Waals surface area contributed by atoms with Crippen LogP contribution in [0.2, 0.25) is 0 Å². The first-order chi connectivity index (χ1) is 18.6. The van der Waals surface area contributed by atoms with Crippen molar-refractivity contribution in [2.45, 2.75) is 13.2 Å². The fourth-order valence-electron chi connectivity index (χ4n) is 4.36. The second-order valence-corrected chi connectivity index (χ2v) is 8.97. The van der Waals surface area contributed by atoms with E-state index in [0.717, 1.165) is 11.1 Å². The highest BCUT2D eigenvalue weighted by molar-refractivity contribution is 5.71. The summed E-state index contributed by atoms with van der Waals surface area (Å²) in [5.74, 6) is 0.375. The van der Waals surface area contributed by atoms with Crippen molar-refractivity contribution in [3.8, 4) is 22.9 Å². The minimum atomic E-state index is -0.952. The molecule has 38 heavy (non-hydrogen) atoms. The molecule has 1 fully saturated rings. The molecule has 0 atom stereocenters. The summed E-state index contributed by atoms with van der Waals surface area (Å²) >= 11 is 0. The largest absolute Gasteiger partial charge is 0.473 e.